The Hall–Kier alpha value is -3.64. The first-order chi connectivity index (χ1) is 16.1. The fraction of sp³-hybridized carbons (Fsp3) is 0.286. The van der Waals surface area contributed by atoms with Crippen LogP contribution >= 0.6 is 0 Å². The number of rotatable bonds is 3. The molecule has 2 heterocycles. The molecule has 5 rings (SSSR count). The standard InChI is InChI=1S/C24H20N2O3.C4H10O/c1-13-18(12-20(27)28)22(15-4-2-3-5-16(15)23(13)25)17-6-7-19-21-14(9-11-29-19)8-10-26-24(17)21;1-4(2,3)5/h2-8,10H,9,11-12,25H2,1H3,(H,27,28);5H,1-3H3. The zero-order chi connectivity index (χ0) is 24.6. The monoisotopic (exact) mass is 458 g/mol. The Morgan fingerprint density at radius 1 is 1.12 bits per heavy atom. The summed E-state index contributed by atoms with van der Waals surface area (Å²) in [5.74, 6) is -0.0580. The summed E-state index contributed by atoms with van der Waals surface area (Å²) in [5.41, 5.74) is 11.9. The van der Waals surface area contributed by atoms with Crippen LogP contribution in [0.5, 0.6) is 5.75 Å². The second-order valence-corrected chi connectivity index (χ2v) is 9.58. The average Bonchev–Trinajstić information content (AvgIpc) is 2.77. The van der Waals surface area contributed by atoms with Gasteiger partial charge in [0.05, 0.1) is 24.1 Å². The van der Waals surface area contributed by atoms with Crippen LogP contribution in [0.15, 0.2) is 48.7 Å². The molecule has 1 aromatic heterocycles. The molecular weight excluding hydrogens is 428 g/mol. The van der Waals surface area contributed by atoms with Crippen LogP contribution in [0, 0.1) is 6.92 Å². The van der Waals surface area contributed by atoms with Gasteiger partial charge in [-0.3, -0.25) is 9.78 Å². The van der Waals surface area contributed by atoms with Crippen molar-refractivity contribution in [3.8, 4) is 16.9 Å². The van der Waals surface area contributed by atoms with Gasteiger partial charge in [0.2, 0.25) is 0 Å². The number of nitrogens with two attached hydrogens (primary N) is 1. The van der Waals surface area contributed by atoms with E-state index in [9.17, 15) is 9.90 Å². The van der Waals surface area contributed by atoms with E-state index in [1.165, 1.54) is 5.56 Å². The predicted molar refractivity (Wildman–Crippen MR) is 136 cm³/mol. The molecule has 1 aliphatic rings. The molecule has 0 amide bonds. The highest BCUT2D eigenvalue weighted by molar-refractivity contribution is 6.11. The van der Waals surface area contributed by atoms with Crippen molar-refractivity contribution < 1.29 is 19.7 Å². The van der Waals surface area contributed by atoms with Gasteiger partial charge in [-0.2, -0.15) is 0 Å². The zero-order valence-electron chi connectivity index (χ0n) is 20.0. The molecule has 6 nitrogen and oxygen atoms in total. The molecule has 0 bridgehead atoms. The summed E-state index contributed by atoms with van der Waals surface area (Å²) in [6.45, 7) is 7.78. The molecule has 176 valence electrons. The number of carbonyl (C=O) groups is 1. The van der Waals surface area contributed by atoms with Crippen LogP contribution in [0.4, 0.5) is 5.69 Å². The average molecular weight is 459 g/mol. The lowest BCUT2D eigenvalue weighted by atomic mass is 9.86. The van der Waals surface area contributed by atoms with E-state index in [1.807, 2.05) is 55.6 Å². The van der Waals surface area contributed by atoms with Crippen LogP contribution < -0.4 is 10.5 Å². The van der Waals surface area contributed by atoms with Crippen LogP contribution in [0.3, 0.4) is 0 Å². The Bertz CT molecular complexity index is 1390. The quantitative estimate of drug-likeness (QED) is 0.361. The van der Waals surface area contributed by atoms with Gasteiger partial charge in [0.15, 0.2) is 0 Å². The molecule has 4 aromatic rings. The summed E-state index contributed by atoms with van der Waals surface area (Å²) in [6.07, 6.45) is 2.55. The van der Waals surface area contributed by atoms with Crippen molar-refractivity contribution in [1.29, 1.82) is 0 Å². The van der Waals surface area contributed by atoms with Crippen LogP contribution in [-0.4, -0.2) is 33.4 Å². The number of nitrogen functional groups attached to an aromatic ring is 1. The van der Waals surface area contributed by atoms with E-state index < -0.39 is 11.6 Å². The Labute approximate surface area is 199 Å². The second-order valence-electron chi connectivity index (χ2n) is 9.58. The molecule has 1 aliphatic heterocycles. The Morgan fingerprint density at radius 2 is 1.79 bits per heavy atom. The minimum absolute atomic E-state index is 0.102. The topological polar surface area (TPSA) is 106 Å². The van der Waals surface area contributed by atoms with Gasteiger partial charge in [0, 0.05) is 34.6 Å². The number of aliphatic carboxylic acids is 1. The van der Waals surface area contributed by atoms with Gasteiger partial charge >= 0.3 is 5.97 Å². The van der Waals surface area contributed by atoms with Crippen molar-refractivity contribution in [2.45, 2.75) is 46.1 Å². The SMILES string of the molecule is CC(C)(C)O.Cc1c(CC(=O)O)c(-c2ccc3c4c(ccnc24)CCO3)c2ccccc2c1N. The molecule has 34 heavy (non-hydrogen) atoms. The van der Waals surface area contributed by atoms with Crippen molar-refractivity contribution in [1.82, 2.24) is 4.98 Å². The maximum atomic E-state index is 11.7. The van der Waals surface area contributed by atoms with Gasteiger partial charge in [0.25, 0.3) is 0 Å². The fourth-order valence-corrected chi connectivity index (χ4v) is 4.43. The highest BCUT2D eigenvalue weighted by Gasteiger charge is 2.23. The number of nitrogens with zero attached hydrogens (tertiary/aromatic N) is 1. The molecule has 0 saturated carbocycles. The Balaban J connectivity index is 0.000000499. The molecule has 4 N–H and O–H groups in total. The molecule has 0 radical (unpaired) electrons. The maximum absolute atomic E-state index is 11.7. The van der Waals surface area contributed by atoms with Crippen LogP contribution in [-0.2, 0) is 17.6 Å². The molecule has 3 aromatic carbocycles. The van der Waals surface area contributed by atoms with Gasteiger partial charge in [-0.1, -0.05) is 24.3 Å². The number of anilines is 1. The summed E-state index contributed by atoms with van der Waals surface area (Å²) in [5, 5.41) is 21.0. The number of benzene rings is 3. The summed E-state index contributed by atoms with van der Waals surface area (Å²) in [7, 11) is 0. The van der Waals surface area contributed by atoms with Gasteiger partial charge < -0.3 is 20.7 Å². The first-order valence-electron chi connectivity index (χ1n) is 11.3. The van der Waals surface area contributed by atoms with E-state index in [0.29, 0.717) is 12.3 Å². The number of hydrogen-bond acceptors (Lipinski definition) is 5. The first-order valence-corrected chi connectivity index (χ1v) is 11.3. The normalized spacial score (nSPS) is 12.7. The molecule has 0 saturated heterocycles. The molecule has 0 aliphatic carbocycles. The summed E-state index contributed by atoms with van der Waals surface area (Å²) in [4.78, 5) is 16.4. The number of carboxylic acid groups (broad SMARTS) is 1. The molecular formula is C28H30N2O4. The number of fused-ring (bicyclic) bond motifs is 1. The largest absolute Gasteiger partial charge is 0.493 e. The second kappa shape index (κ2) is 8.95. The molecule has 0 unspecified atom stereocenters. The van der Waals surface area contributed by atoms with Gasteiger partial charge in [0.1, 0.15) is 5.75 Å². The number of aromatic nitrogens is 1. The summed E-state index contributed by atoms with van der Waals surface area (Å²) in [6, 6.07) is 13.9. The minimum Gasteiger partial charge on any atom is -0.493 e. The van der Waals surface area contributed by atoms with E-state index in [-0.39, 0.29) is 6.42 Å². The molecule has 0 fully saturated rings. The highest BCUT2D eigenvalue weighted by atomic mass is 16.5. The van der Waals surface area contributed by atoms with E-state index in [4.69, 9.17) is 15.6 Å². The summed E-state index contributed by atoms with van der Waals surface area (Å²) >= 11 is 0. The third-order valence-electron chi connectivity index (χ3n) is 5.81. The van der Waals surface area contributed by atoms with Gasteiger partial charge in [-0.05, 0) is 73.5 Å². The van der Waals surface area contributed by atoms with E-state index in [2.05, 4.69) is 4.98 Å². The first kappa shape index (κ1) is 23.5. The number of carboxylic acids is 1. The van der Waals surface area contributed by atoms with Crippen LogP contribution in [0.1, 0.15) is 37.5 Å². The highest BCUT2D eigenvalue weighted by Crippen LogP contribution is 2.44. The van der Waals surface area contributed by atoms with E-state index in [0.717, 1.165) is 56.1 Å². The fourth-order valence-electron chi connectivity index (χ4n) is 4.43. The maximum Gasteiger partial charge on any atom is 0.307 e. The van der Waals surface area contributed by atoms with Gasteiger partial charge in [-0.25, -0.2) is 0 Å². The zero-order valence-corrected chi connectivity index (χ0v) is 20.0. The number of pyridine rings is 1. The van der Waals surface area contributed by atoms with E-state index >= 15 is 0 Å². The van der Waals surface area contributed by atoms with Crippen molar-refractivity contribution in [3.63, 3.8) is 0 Å². The lowest BCUT2D eigenvalue weighted by Crippen LogP contribution is -2.10. The molecule has 0 atom stereocenters. The third-order valence-corrected chi connectivity index (χ3v) is 5.81. The molecule has 0 spiro atoms. The van der Waals surface area contributed by atoms with Gasteiger partial charge in [-0.15, -0.1) is 0 Å². The Morgan fingerprint density at radius 3 is 2.47 bits per heavy atom. The minimum atomic E-state index is -0.886. The van der Waals surface area contributed by atoms with Crippen molar-refractivity contribution in [3.05, 3.63) is 65.4 Å². The lowest BCUT2D eigenvalue weighted by molar-refractivity contribution is -0.136. The lowest BCUT2D eigenvalue weighted by Gasteiger charge is -2.22. The van der Waals surface area contributed by atoms with Crippen molar-refractivity contribution in [2.24, 2.45) is 0 Å². The number of aliphatic hydroxyl groups is 1. The van der Waals surface area contributed by atoms with Crippen LogP contribution in [0.2, 0.25) is 0 Å². The molecule has 6 heteroatoms. The predicted octanol–water partition coefficient (Wildman–Crippen LogP) is 5.28. The smallest absolute Gasteiger partial charge is 0.307 e. The van der Waals surface area contributed by atoms with Crippen molar-refractivity contribution >= 4 is 33.3 Å². The third kappa shape index (κ3) is 4.54. The van der Waals surface area contributed by atoms with E-state index in [1.54, 1.807) is 20.8 Å². The number of hydrogen-bond donors (Lipinski definition) is 3. The summed E-state index contributed by atoms with van der Waals surface area (Å²) < 4.78 is 5.86. The van der Waals surface area contributed by atoms with Crippen molar-refractivity contribution in [2.75, 3.05) is 12.3 Å². The van der Waals surface area contributed by atoms with Crippen LogP contribution in [0.25, 0.3) is 32.8 Å². The number of ether oxygens (including phenoxy) is 1. The Kier molecular flexibility index (Phi) is 6.19.